The molecule has 3 aromatic rings. The summed E-state index contributed by atoms with van der Waals surface area (Å²) in [5.74, 6) is -1.28. The van der Waals surface area contributed by atoms with Crippen LogP contribution in [0.3, 0.4) is 0 Å². The molecule has 3 heterocycles. The fraction of sp³-hybridized carbons (Fsp3) is 0.400. The van der Waals surface area contributed by atoms with E-state index >= 15 is 0 Å². The summed E-state index contributed by atoms with van der Waals surface area (Å²) >= 11 is 0. The molecular weight excluding hydrogens is 502 g/mol. The van der Waals surface area contributed by atoms with E-state index in [1.807, 2.05) is 25.1 Å². The van der Waals surface area contributed by atoms with Gasteiger partial charge in [-0.1, -0.05) is 36.4 Å². The maximum atomic E-state index is 14.8. The number of nitrogens with one attached hydrogen (secondary N) is 1. The van der Waals surface area contributed by atoms with Gasteiger partial charge in [0.15, 0.2) is 0 Å². The second kappa shape index (κ2) is 11.1. The number of benzene rings is 1. The Morgan fingerprint density at radius 1 is 1.15 bits per heavy atom. The number of carbonyl (C=O) groups is 2. The van der Waals surface area contributed by atoms with Crippen molar-refractivity contribution in [2.45, 2.75) is 70.2 Å². The van der Waals surface area contributed by atoms with Crippen molar-refractivity contribution in [1.29, 1.82) is 0 Å². The minimum atomic E-state index is -1.35. The number of aromatic nitrogens is 2. The van der Waals surface area contributed by atoms with Gasteiger partial charge in [-0.2, -0.15) is 4.39 Å². The van der Waals surface area contributed by atoms with Gasteiger partial charge < -0.3 is 14.8 Å². The summed E-state index contributed by atoms with van der Waals surface area (Å²) < 4.78 is 31.0. The summed E-state index contributed by atoms with van der Waals surface area (Å²) in [6, 6.07) is 12.4. The first-order valence-electron chi connectivity index (χ1n) is 13.4. The number of hydrogen-bond acceptors (Lipinski definition) is 4. The molecule has 0 spiro atoms. The summed E-state index contributed by atoms with van der Waals surface area (Å²) in [4.78, 5) is 44.5. The molecule has 9 heteroatoms. The number of nitrogens with zero attached hydrogens (tertiary/aromatic N) is 3. The number of alkyl halides is 1. The van der Waals surface area contributed by atoms with E-state index in [0.717, 1.165) is 12.8 Å². The fourth-order valence-corrected chi connectivity index (χ4v) is 5.31. The van der Waals surface area contributed by atoms with Crippen LogP contribution in [0.25, 0.3) is 0 Å². The van der Waals surface area contributed by atoms with Gasteiger partial charge in [-0.05, 0) is 55.9 Å². The molecule has 39 heavy (non-hydrogen) atoms. The highest BCUT2D eigenvalue weighted by molar-refractivity contribution is 5.89. The van der Waals surface area contributed by atoms with Crippen molar-refractivity contribution in [3.63, 3.8) is 0 Å². The van der Waals surface area contributed by atoms with Crippen LogP contribution < -0.4 is 10.9 Å². The van der Waals surface area contributed by atoms with E-state index in [1.165, 1.54) is 9.47 Å². The Balaban J connectivity index is 1.38. The molecule has 2 amide bonds. The zero-order chi connectivity index (χ0) is 27.7. The van der Waals surface area contributed by atoms with Crippen molar-refractivity contribution in [2.24, 2.45) is 0 Å². The lowest BCUT2D eigenvalue weighted by atomic mass is 10.0. The summed E-state index contributed by atoms with van der Waals surface area (Å²) in [6.45, 7) is 3.79. The van der Waals surface area contributed by atoms with E-state index in [4.69, 9.17) is 0 Å². The predicted molar refractivity (Wildman–Crippen MR) is 142 cm³/mol. The van der Waals surface area contributed by atoms with E-state index in [9.17, 15) is 23.2 Å². The number of aryl methyl sites for hydroxylation is 2. The minimum Gasteiger partial charge on any atom is -0.342 e. The van der Waals surface area contributed by atoms with E-state index in [0.29, 0.717) is 34.5 Å². The SMILES string of the molecule is CCn1cc(CC(=O)N2C[C@H](F)C[C@H]2C(=O)N[C@@H](c2ccccc2)c2ccc(C3CC3)c(F)n2)cc(C)c1=O. The molecule has 0 radical (unpaired) electrons. The Bertz CT molecular complexity index is 1440. The standard InChI is InChI=1S/C30H32F2N4O3/c1-3-35-16-19(13-18(2)30(35)39)14-26(37)36-17-22(31)15-25(36)29(38)34-27(21-7-5-4-6-8-21)24-12-11-23(20-9-10-20)28(32)33-24/h4-8,11-13,16,20,22,25,27H,3,9-10,14-15,17H2,1-2H3,(H,34,38)/t22-,25+,27+/m1/s1. The average molecular weight is 535 g/mol. The lowest BCUT2D eigenvalue weighted by Gasteiger charge is -2.27. The lowest BCUT2D eigenvalue weighted by molar-refractivity contribution is -0.138. The van der Waals surface area contributed by atoms with Crippen LogP contribution in [0.15, 0.2) is 59.5 Å². The molecule has 3 atom stereocenters. The zero-order valence-electron chi connectivity index (χ0n) is 22.1. The molecule has 2 aliphatic rings. The first kappa shape index (κ1) is 26.7. The molecule has 5 rings (SSSR count). The monoisotopic (exact) mass is 534 g/mol. The Kier molecular flexibility index (Phi) is 7.59. The highest BCUT2D eigenvalue weighted by Gasteiger charge is 2.40. The van der Waals surface area contributed by atoms with Crippen LogP contribution in [-0.2, 0) is 22.6 Å². The molecule has 1 aliphatic carbocycles. The van der Waals surface area contributed by atoms with Gasteiger partial charge in [0.2, 0.25) is 17.8 Å². The van der Waals surface area contributed by atoms with Crippen LogP contribution in [0.2, 0.25) is 0 Å². The molecule has 0 bridgehead atoms. The third kappa shape index (κ3) is 5.77. The topological polar surface area (TPSA) is 84.3 Å². The van der Waals surface area contributed by atoms with E-state index in [2.05, 4.69) is 10.3 Å². The molecule has 204 valence electrons. The van der Waals surface area contributed by atoms with Crippen LogP contribution in [0.4, 0.5) is 8.78 Å². The number of halogens is 2. The van der Waals surface area contributed by atoms with Gasteiger partial charge in [0.1, 0.15) is 12.2 Å². The molecule has 1 saturated heterocycles. The van der Waals surface area contributed by atoms with Crippen molar-refractivity contribution in [2.75, 3.05) is 6.54 Å². The van der Waals surface area contributed by atoms with Crippen molar-refractivity contribution in [1.82, 2.24) is 19.8 Å². The summed E-state index contributed by atoms with van der Waals surface area (Å²) in [7, 11) is 0. The van der Waals surface area contributed by atoms with Gasteiger partial charge in [0, 0.05) is 30.3 Å². The maximum absolute atomic E-state index is 14.8. The fourth-order valence-electron chi connectivity index (χ4n) is 5.31. The van der Waals surface area contributed by atoms with Crippen LogP contribution in [0.5, 0.6) is 0 Å². The third-order valence-electron chi connectivity index (χ3n) is 7.52. The molecule has 1 aromatic carbocycles. The van der Waals surface area contributed by atoms with Crippen molar-refractivity contribution in [3.05, 3.63) is 99.0 Å². The predicted octanol–water partition coefficient (Wildman–Crippen LogP) is 3.98. The van der Waals surface area contributed by atoms with Crippen LogP contribution in [0, 0.1) is 12.9 Å². The van der Waals surface area contributed by atoms with E-state index < -0.39 is 36.0 Å². The number of hydrogen-bond donors (Lipinski definition) is 1. The van der Waals surface area contributed by atoms with Gasteiger partial charge in [0.05, 0.1) is 24.7 Å². The van der Waals surface area contributed by atoms with Crippen molar-refractivity contribution < 1.29 is 18.4 Å². The molecule has 0 unspecified atom stereocenters. The molecule has 2 fully saturated rings. The Morgan fingerprint density at radius 2 is 1.90 bits per heavy atom. The largest absolute Gasteiger partial charge is 0.342 e. The number of amides is 2. The quantitative estimate of drug-likeness (QED) is 0.443. The number of likely N-dealkylation sites (tertiary alicyclic amines) is 1. The first-order valence-corrected chi connectivity index (χ1v) is 13.4. The third-order valence-corrected chi connectivity index (χ3v) is 7.52. The smallest absolute Gasteiger partial charge is 0.253 e. The summed E-state index contributed by atoms with van der Waals surface area (Å²) in [5, 5.41) is 2.91. The molecular formula is C30H32F2N4O3. The molecule has 1 saturated carbocycles. The molecule has 1 N–H and O–H groups in total. The van der Waals surface area contributed by atoms with Crippen molar-refractivity contribution >= 4 is 11.8 Å². The molecule has 2 aromatic heterocycles. The van der Waals surface area contributed by atoms with E-state index in [1.54, 1.807) is 43.5 Å². The second-order valence-electron chi connectivity index (χ2n) is 10.4. The van der Waals surface area contributed by atoms with Gasteiger partial charge >= 0.3 is 0 Å². The van der Waals surface area contributed by atoms with Gasteiger partial charge in [0.25, 0.3) is 5.56 Å². The zero-order valence-corrected chi connectivity index (χ0v) is 22.1. The summed E-state index contributed by atoms with van der Waals surface area (Å²) in [6.07, 6.45) is 1.96. The first-order chi connectivity index (χ1) is 18.7. The van der Waals surface area contributed by atoms with Crippen LogP contribution in [0.1, 0.15) is 66.1 Å². The Labute approximate surface area is 225 Å². The highest BCUT2D eigenvalue weighted by atomic mass is 19.1. The Morgan fingerprint density at radius 3 is 2.56 bits per heavy atom. The van der Waals surface area contributed by atoms with Crippen LogP contribution in [-0.4, -0.2) is 45.0 Å². The second-order valence-corrected chi connectivity index (χ2v) is 10.4. The molecule has 1 aliphatic heterocycles. The molecule has 7 nitrogen and oxygen atoms in total. The number of carbonyl (C=O) groups excluding carboxylic acids is 2. The Hall–Kier alpha value is -3.88. The van der Waals surface area contributed by atoms with E-state index in [-0.39, 0.29) is 30.9 Å². The summed E-state index contributed by atoms with van der Waals surface area (Å²) in [5.41, 5.74) is 2.62. The normalized spacial score (nSPS) is 19.6. The van der Waals surface area contributed by atoms with Gasteiger partial charge in [-0.3, -0.25) is 14.4 Å². The van der Waals surface area contributed by atoms with Crippen molar-refractivity contribution in [3.8, 4) is 0 Å². The highest BCUT2D eigenvalue weighted by Crippen LogP contribution is 2.41. The lowest BCUT2D eigenvalue weighted by Crippen LogP contribution is -2.47. The minimum absolute atomic E-state index is 0.0604. The number of rotatable bonds is 8. The maximum Gasteiger partial charge on any atom is 0.253 e. The average Bonchev–Trinajstić information content (AvgIpc) is 3.69. The van der Waals surface area contributed by atoms with Crippen LogP contribution >= 0.6 is 0 Å². The number of pyridine rings is 2. The van der Waals surface area contributed by atoms with Gasteiger partial charge in [-0.25, -0.2) is 9.37 Å². The van der Waals surface area contributed by atoms with Gasteiger partial charge in [-0.15, -0.1) is 0 Å².